The monoisotopic (exact) mass is 232 g/mol. The summed E-state index contributed by atoms with van der Waals surface area (Å²) >= 11 is 0. The van der Waals surface area contributed by atoms with Crippen LogP contribution in [0.4, 0.5) is 0 Å². The molecule has 0 spiro atoms. The van der Waals surface area contributed by atoms with Crippen LogP contribution in [0.1, 0.15) is 33.6 Å². The van der Waals surface area contributed by atoms with Crippen molar-refractivity contribution in [3.05, 3.63) is 0 Å². The van der Waals surface area contributed by atoms with Gasteiger partial charge in [-0.3, -0.25) is 0 Å². The van der Waals surface area contributed by atoms with E-state index < -0.39 is 5.97 Å². The van der Waals surface area contributed by atoms with E-state index in [0.717, 1.165) is 26.1 Å². The Morgan fingerprint density at radius 2 is 1.38 bits per heavy atom. The van der Waals surface area contributed by atoms with Gasteiger partial charge in [0.1, 0.15) is 0 Å². The van der Waals surface area contributed by atoms with Crippen LogP contribution in [0.5, 0.6) is 0 Å². The summed E-state index contributed by atoms with van der Waals surface area (Å²) in [5.41, 5.74) is 0. The molecule has 0 atom stereocenters. The number of ether oxygens (including phenoxy) is 4. The van der Waals surface area contributed by atoms with Crippen molar-refractivity contribution in [3.8, 4) is 0 Å². The molecular formula is C12H24O4. The quantitative estimate of drug-likeness (QED) is 0.630. The van der Waals surface area contributed by atoms with Crippen LogP contribution < -0.4 is 0 Å². The molecule has 1 aliphatic rings. The Kier molecular flexibility index (Phi) is 6.28. The molecule has 0 N–H and O–H groups in total. The zero-order chi connectivity index (χ0) is 11.9. The maximum atomic E-state index is 5.75. The predicted octanol–water partition coefficient (Wildman–Crippen LogP) is 2.18. The molecule has 0 amide bonds. The second-order valence-electron chi connectivity index (χ2n) is 3.79. The van der Waals surface area contributed by atoms with Crippen LogP contribution >= 0.6 is 0 Å². The van der Waals surface area contributed by atoms with Crippen molar-refractivity contribution in [1.29, 1.82) is 0 Å². The minimum absolute atomic E-state index is 0.265. The normalized spacial score (nSPS) is 18.9. The van der Waals surface area contributed by atoms with Gasteiger partial charge in [0, 0.05) is 39.0 Å². The summed E-state index contributed by atoms with van der Waals surface area (Å²) in [5.74, 6) is -0.594. The van der Waals surface area contributed by atoms with Gasteiger partial charge in [0.2, 0.25) is 0 Å². The van der Waals surface area contributed by atoms with Crippen molar-refractivity contribution in [2.75, 3.05) is 33.0 Å². The lowest BCUT2D eigenvalue weighted by molar-refractivity contribution is -0.406. The molecule has 0 unspecified atom stereocenters. The van der Waals surface area contributed by atoms with Crippen LogP contribution in [-0.4, -0.2) is 39.0 Å². The molecule has 0 radical (unpaired) electrons. The van der Waals surface area contributed by atoms with Crippen molar-refractivity contribution in [1.82, 2.24) is 0 Å². The Balaban J connectivity index is 2.70. The molecule has 1 fully saturated rings. The Morgan fingerprint density at radius 1 is 0.938 bits per heavy atom. The highest BCUT2D eigenvalue weighted by atomic mass is 16.9. The van der Waals surface area contributed by atoms with Gasteiger partial charge in [-0.15, -0.1) is 0 Å². The summed E-state index contributed by atoms with van der Waals surface area (Å²) in [4.78, 5) is 0. The van der Waals surface area contributed by atoms with Gasteiger partial charge < -0.3 is 18.9 Å². The van der Waals surface area contributed by atoms with Crippen molar-refractivity contribution in [2.24, 2.45) is 5.92 Å². The van der Waals surface area contributed by atoms with Gasteiger partial charge in [0.25, 0.3) is 5.97 Å². The fourth-order valence-corrected chi connectivity index (χ4v) is 2.13. The van der Waals surface area contributed by atoms with E-state index in [1.807, 2.05) is 20.8 Å². The SMILES string of the molecule is CCOC(OCC)(OCC)C1CCOCC1. The first kappa shape index (κ1) is 13.9. The van der Waals surface area contributed by atoms with E-state index in [4.69, 9.17) is 18.9 Å². The smallest absolute Gasteiger partial charge is 0.286 e. The molecule has 4 heteroatoms. The van der Waals surface area contributed by atoms with Crippen molar-refractivity contribution >= 4 is 0 Å². The summed E-state index contributed by atoms with van der Waals surface area (Å²) in [5, 5.41) is 0. The molecular weight excluding hydrogens is 208 g/mol. The van der Waals surface area contributed by atoms with Gasteiger partial charge in [-0.1, -0.05) is 0 Å². The van der Waals surface area contributed by atoms with Crippen LogP contribution in [0, 0.1) is 5.92 Å². The molecule has 0 aromatic heterocycles. The van der Waals surface area contributed by atoms with Crippen molar-refractivity contribution in [3.63, 3.8) is 0 Å². The van der Waals surface area contributed by atoms with E-state index in [-0.39, 0.29) is 5.92 Å². The fraction of sp³-hybridized carbons (Fsp3) is 1.00. The first-order valence-electron chi connectivity index (χ1n) is 6.28. The summed E-state index contributed by atoms with van der Waals surface area (Å²) in [6.07, 6.45) is 1.86. The molecule has 0 bridgehead atoms. The van der Waals surface area contributed by atoms with E-state index in [9.17, 15) is 0 Å². The van der Waals surface area contributed by atoms with Gasteiger partial charge >= 0.3 is 0 Å². The van der Waals surface area contributed by atoms with Crippen LogP contribution in [0.2, 0.25) is 0 Å². The molecule has 1 rings (SSSR count). The standard InChI is InChI=1S/C12H24O4/c1-4-14-12(15-5-2,16-6-3)11-7-9-13-10-8-11/h11H,4-10H2,1-3H3. The van der Waals surface area contributed by atoms with E-state index in [0.29, 0.717) is 19.8 Å². The predicted molar refractivity (Wildman–Crippen MR) is 61.2 cm³/mol. The van der Waals surface area contributed by atoms with Crippen molar-refractivity contribution < 1.29 is 18.9 Å². The highest BCUT2D eigenvalue weighted by Crippen LogP contribution is 2.33. The zero-order valence-electron chi connectivity index (χ0n) is 10.7. The van der Waals surface area contributed by atoms with Gasteiger partial charge in [-0.05, 0) is 33.6 Å². The van der Waals surface area contributed by atoms with Gasteiger partial charge in [-0.2, -0.15) is 0 Å². The Bertz CT molecular complexity index is 161. The highest BCUT2D eigenvalue weighted by molar-refractivity contribution is 4.74. The van der Waals surface area contributed by atoms with Crippen molar-refractivity contribution in [2.45, 2.75) is 39.6 Å². The topological polar surface area (TPSA) is 36.9 Å². The van der Waals surface area contributed by atoms with E-state index in [1.165, 1.54) is 0 Å². The van der Waals surface area contributed by atoms with Crippen LogP contribution in [0.25, 0.3) is 0 Å². The Labute approximate surface area is 98.2 Å². The molecule has 1 saturated heterocycles. The number of hydrogen-bond donors (Lipinski definition) is 0. The number of hydrogen-bond acceptors (Lipinski definition) is 4. The van der Waals surface area contributed by atoms with Crippen LogP contribution in [0.15, 0.2) is 0 Å². The third-order valence-corrected chi connectivity index (χ3v) is 2.76. The second kappa shape index (κ2) is 7.22. The van der Waals surface area contributed by atoms with E-state index >= 15 is 0 Å². The molecule has 0 aromatic carbocycles. The molecule has 4 nitrogen and oxygen atoms in total. The lowest BCUT2D eigenvalue weighted by Crippen LogP contribution is -2.48. The molecule has 0 aliphatic carbocycles. The van der Waals surface area contributed by atoms with E-state index in [1.54, 1.807) is 0 Å². The maximum Gasteiger partial charge on any atom is 0.286 e. The van der Waals surface area contributed by atoms with Crippen LogP contribution in [0.3, 0.4) is 0 Å². The average molecular weight is 232 g/mol. The lowest BCUT2D eigenvalue weighted by atomic mass is 9.97. The summed E-state index contributed by atoms with van der Waals surface area (Å²) in [6.45, 7) is 9.20. The molecule has 1 aliphatic heterocycles. The minimum Gasteiger partial charge on any atom is -0.381 e. The highest BCUT2D eigenvalue weighted by Gasteiger charge is 2.42. The zero-order valence-corrected chi connectivity index (χ0v) is 10.7. The van der Waals surface area contributed by atoms with E-state index in [2.05, 4.69) is 0 Å². The molecule has 1 heterocycles. The summed E-state index contributed by atoms with van der Waals surface area (Å²) in [6, 6.07) is 0. The lowest BCUT2D eigenvalue weighted by Gasteiger charge is -2.40. The largest absolute Gasteiger partial charge is 0.381 e. The molecule has 0 aromatic rings. The van der Waals surface area contributed by atoms with Gasteiger partial charge in [0.15, 0.2) is 0 Å². The minimum atomic E-state index is -0.859. The Hall–Kier alpha value is -0.160. The van der Waals surface area contributed by atoms with Gasteiger partial charge in [0.05, 0.1) is 0 Å². The summed E-state index contributed by atoms with van der Waals surface area (Å²) in [7, 11) is 0. The molecule has 96 valence electrons. The first-order valence-corrected chi connectivity index (χ1v) is 6.28. The summed E-state index contributed by atoms with van der Waals surface area (Å²) < 4.78 is 22.6. The van der Waals surface area contributed by atoms with Crippen LogP contribution in [-0.2, 0) is 18.9 Å². The third-order valence-electron chi connectivity index (χ3n) is 2.76. The number of rotatable bonds is 7. The van der Waals surface area contributed by atoms with Gasteiger partial charge in [-0.25, -0.2) is 0 Å². The first-order chi connectivity index (χ1) is 7.79. The second-order valence-corrected chi connectivity index (χ2v) is 3.79. The third kappa shape index (κ3) is 3.42. The maximum absolute atomic E-state index is 5.75. The Morgan fingerprint density at radius 3 is 1.75 bits per heavy atom. The average Bonchev–Trinajstić information content (AvgIpc) is 2.31. The fourth-order valence-electron chi connectivity index (χ4n) is 2.13. The molecule has 16 heavy (non-hydrogen) atoms. The molecule has 0 saturated carbocycles.